The molecule has 0 bridgehead atoms. The fourth-order valence-corrected chi connectivity index (χ4v) is 4.10. The Kier molecular flexibility index (Phi) is 4.84. The highest BCUT2D eigenvalue weighted by Gasteiger charge is 2.19. The summed E-state index contributed by atoms with van der Waals surface area (Å²) in [6, 6.07) is 27.2. The molecule has 1 amide bonds. The van der Waals surface area contributed by atoms with Gasteiger partial charge in [0.1, 0.15) is 5.69 Å². The fourth-order valence-electron chi connectivity index (χ4n) is 4.10. The van der Waals surface area contributed by atoms with Crippen LogP contribution in [0, 0.1) is 0 Å². The van der Waals surface area contributed by atoms with Gasteiger partial charge in [-0.25, -0.2) is 0 Å². The van der Waals surface area contributed by atoms with Crippen LogP contribution >= 0.6 is 0 Å². The molecule has 5 aromatic rings. The molecule has 5 heteroatoms. The summed E-state index contributed by atoms with van der Waals surface area (Å²) >= 11 is 0. The minimum Gasteiger partial charge on any atom is -0.361 e. The lowest BCUT2D eigenvalue weighted by Crippen LogP contribution is -2.30. The van der Waals surface area contributed by atoms with E-state index in [0.717, 1.165) is 27.4 Å². The van der Waals surface area contributed by atoms with E-state index in [9.17, 15) is 9.59 Å². The van der Waals surface area contributed by atoms with E-state index < -0.39 is 0 Å². The van der Waals surface area contributed by atoms with Crippen molar-refractivity contribution in [2.75, 3.05) is 6.54 Å². The van der Waals surface area contributed by atoms with E-state index in [-0.39, 0.29) is 23.1 Å². The van der Waals surface area contributed by atoms with Crippen LogP contribution < -0.4 is 10.9 Å². The summed E-state index contributed by atoms with van der Waals surface area (Å²) < 4.78 is 0. The number of para-hydroxylation sites is 1. The van der Waals surface area contributed by atoms with Gasteiger partial charge < -0.3 is 15.3 Å². The number of hydrogen-bond donors (Lipinski definition) is 3. The Bertz CT molecular complexity index is 1430. The molecule has 0 fully saturated rings. The minimum atomic E-state index is -0.302. The van der Waals surface area contributed by atoms with Crippen LogP contribution in [0.2, 0.25) is 0 Å². The number of rotatable bonds is 5. The maximum absolute atomic E-state index is 12.9. The van der Waals surface area contributed by atoms with Crippen molar-refractivity contribution in [3.8, 4) is 0 Å². The third-order valence-electron chi connectivity index (χ3n) is 5.66. The Morgan fingerprint density at radius 1 is 0.871 bits per heavy atom. The summed E-state index contributed by atoms with van der Waals surface area (Å²) in [5.41, 5.74) is 3.28. The van der Waals surface area contributed by atoms with Crippen molar-refractivity contribution >= 4 is 27.6 Å². The highest BCUT2D eigenvalue weighted by Crippen LogP contribution is 2.30. The van der Waals surface area contributed by atoms with Crippen molar-refractivity contribution < 1.29 is 4.79 Å². The van der Waals surface area contributed by atoms with E-state index in [0.29, 0.717) is 11.9 Å². The molecule has 0 aliphatic carbocycles. The van der Waals surface area contributed by atoms with E-state index >= 15 is 0 Å². The first kappa shape index (κ1) is 18.9. The first-order chi connectivity index (χ1) is 15.2. The topological polar surface area (TPSA) is 77.8 Å². The molecule has 31 heavy (non-hydrogen) atoms. The number of pyridine rings is 1. The third kappa shape index (κ3) is 3.62. The number of nitrogens with one attached hydrogen (secondary N) is 3. The van der Waals surface area contributed by atoms with Gasteiger partial charge in [0.05, 0.1) is 0 Å². The van der Waals surface area contributed by atoms with E-state index in [4.69, 9.17) is 0 Å². The van der Waals surface area contributed by atoms with Crippen LogP contribution in [0.25, 0.3) is 21.7 Å². The van der Waals surface area contributed by atoms with Crippen molar-refractivity contribution in [3.63, 3.8) is 0 Å². The average molecular weight is 407 g/mol. The van der Waals surface area contributed by atoms with Gasteiger partial charge in [0.25, 0.3) is 11.5 Å². The molecule has 3 aromatic carbocycles. The van der Waals surface area contributed by atoms with Gasteiger partial charge >= 0.3 is 0 Å². The number of amides is 1. The fraction of sp³-hybridized carbons (Fsp3) is 0.0769. The number of hydrogen-bond acceptors (Lipinski definition) is 2. The van der Waals surface area contributed by atoms with Gasteiger partial charge in [0.15, 0.2) is 0 Å². The van der Waals surface area contributed by atoms with Crippen LogP contribution in [0.5, 0.6) is 0 Å². The standard InChI is InChI=1S/C26H21N3O2/c30-25-19-11-5-4-10-18(19)14-24(29-25)26(31)28-15-21(17-8-2-1-3-9-17)22-16-27-23-13-7-6-12-20(22)23/h1-14,16,21,27H,15H2,(H,28,31)(H,29,30). The average Bonchev–Trinajstić information content (AvgIpc) is 3.24. The second kappa shape index (κ2) is 7.95. The monoisotopic (exact) mass is 407 g/mol. The van der Waals surface area contributed by atoms with Crippen molar-refractivity contribution in [1.29, 1.82) is 0 Å². The summed E-state index contributed by atoms with van der Waals surface area (Å²) in [5, 5.41) is 5.46. The number of aromatic amines is 2. The number of carbonyl (C=O) groups excluding carboxylic acids is 1. The molecule has 2 heterocycles. The van der Waals surface area contributed by atoms with Crippen molar-refractivity contribution in [2.24, 2.45) is 0 Å². The predicted octanol–water partition coefficient (Wildman–Crippen LogP) is 4.57. The molecule has 5 rings (SSSR count). The molecule has 0 saturated carbocycles. The zero-order chi connectivity index (χ0) is 21.2. The van der Waals surface area contributed by atoms with Gasteiger partial charge in [-0.1, -0.05) is 66.7 Å². The van der Waals surface area contributed by atoms with Crippen molar-refractivity contribution in [3.05, 3.63) is 118 Å². The molecule has 0 aliphatic heterocycles. The second-order valence-electron chi connectivity index (χ2n) is 7.56. The molecule has 152 valence electrons. The Morgan fingerprint density at radius 3 is 2.42 bits per heavy atom. The van der Waals surface area contributed by atoms with Gasteiger partial charge in [-0.15, -0.1) is 0 Å². The molecule has 1 unspecified atom stereocenters. The Balaban J connectivity index is 1.47. The van der Waals surface area contributed by atoms with Crippen LogP contribution in [0.1, 0.15) is 27.5 Å². The van der Waals surface area contributed by atoms with E-state index in [1.54, 1.807) is 12.1 Å². The SMILES string of the molecule is O=C(NCC(c1ccccc1)c1c[nH]c2ccccc12)c1cc2ccccc2c(=O)[nH]1. The first-order valence-electron chi connectivity index (χ1n) is 10.2. The second-order valence-corrected chi connectivity index (χ2v) is 7.56. The highest BCUT2D eigenvalue weighted by molar-refractivity contribution is 5.96. The van der Waals surface area contributed by atoms with Gasteiger partial charge in [-0.2, -0.15) is 0 Å². The lowest BCUT2D eigenvalue weighted by Gasteiger charge is -2.18. The van der Waals surface area contributed by atoms with Crippen molar-refractivity contribution in [1.82, 2.24) is 15.3 Å². The molecular weight excluding hydrogens is 386 g/mol. The molecule has 5 nitrogen and oxygen atoms in total. The normalized spacial score (nSPS) is 12.1. The summed E-state index contributed by atoms with van der Waals surface area (Å²) in [6.45, 7) is 0.402. The highest BCUT2D eigenvalue weighted by atomic mass is 16.2. The van der Waals surface area contributed by atoms with Crippen LogP contribution in [-0.4, -0.2) is 22.4 Å². The largest absolute Gasteiger partial charge is 0.361 e. The van der Waals surface area contributed by atoms with Gasteiger partial charge in [0, 0.05) is 34.9 Å². The van der Waals surface area contributed by atoms with Crippen LogP contribution in [-0.2, 0) is 0 Å². The maximum atomic E-state index is 12.9. The van der Waals surface area contributed by atoms with Crippen LogP contribution in [0.3, 0.4) is 0 Å². The van der Waals surface area contributed by atoms with Gasteiger partial charge in [-0.05, 0) is 34.7 Å². The molecule has 0 aliphatic rings. The quantitative estimate of drug-likeness (QED) is 0.399. The molecule has 0 radical (unpaired) electrons. The molecule has 0 saturated heterocycles. The Labute approximate surface area is 178 Å². The third-order valence-corrected chi connectivity index (χ3v) is 5.66. The zero-order valence-corrected chi connectivity index (χ0v) is 16.8. The minimum absolute atomic E-state index is 0.0338. The van der Waals surface area contributed by atoms with Crippen molar-refractivity contribution in [2.45, 2.75) is 5.92 Å². The lowest BCUT2D eigenvalue weighted by atomic mass is 9.91. The summed E-state index contributed by atoms with van der Waals surface area (Å²) in [7, 11) is 0. The van der Waals surface area contributed by atoms with E-state index in [2.05, 4.69) is 33.5 Å². The summed E-state index contributed by atoms with van der Waals surface area (Å²) in [6.07, 6.45) is 2.01. The van der Waals surface area contributed by atoms with Gasteiger partial charge in [-0.3, -0.25) is 9.59 Å². The zero-order valence-electron chi connectivity index (χ0n) is 16.8. The maximum Gasteiger partial charge on any atom is 0.267 e. The Morgan fingerprint density at radius 2 is 1.58 bits per heavy atom. The summed E-state index contributed by atoms with van der Waals surface area (Å²) in [5.74, 6) is -0.336. The molecule has 0 spiro atoms. The molecular formula is C26H21N3O2. The van der Waals surface area contributed by atoms with Crippen LogP contribution in [0.4, 0.5) is 0 Å². The number of H-pyrrole nitrogens is 2. The Hall–Kier alpha value is -4.12. The van der Waals surface area contributed by atoms with Gasteiger partial charge in [0.2, 0.25) is 0 Å². The molecule has 2 aromatic heterocycles. The smallest absolute Gasteiger partial charge is 0.267 e. The predicted molar refractivity (Wildman–Crippen MR) is 123 cm³/mol. The first-order valence-corrected chi connectivity index (χ1v) is 10.2. The molecule has 3 N–H and O–H groups in total. The number of fused-ring (bicyclic) bond motifs is 2. The van der Waals surface area contributed by atoms with E-state index in [1.807, 2.05) is 60.8 Å². The number of benzene rings is 3. The van der Waals surface area contributed by atoms with Crippen LogP contribution in [0.15, 0.2) is 95.9 Å². The summed E-state index contributed by atoms with van der Waals surface area (Å²) in [4.78, 5) is 31.3. The lowest BCUT2D eigenvalue weighted by molar-refractivity contribution is 0.0947. The number of aromatic nitrogens is 2. The van der Waals surface area contributed by atoms with E-state index in [1.165, 1.54) is 0 Å². The number of carbonyl (C=O) groups is 1. The molecule has 1 atom stereocenters.